The number of hydrogen-bond acceptors (Lipinski definition) is 6. The second-order valence-electron chi connectivity index (χ2n) is 8.54. The van der Waals surface area contributed by atoms with Crippen molar-refractivity contribution in [2.75, 3.05) is 6.54 Å². The predicted octanol–water partition coefficient (Wildman–Crippen LogP) is 3.62. The average molecular weight is 497 g/mol. The van der Waals surface area contributed by atoms with Crippen LogP contribution < -0.4 is 10.6 Å². The number of aromatic nitrogens is 2. The molecule has 10 heteroatoms. The molecule has 0 saturated heterocycles. The molecule has 35 heavy (non-hydrogen) atoms. The van der Waals surface area contributed by atoms with Crippen LogP contribution in [-0.2, 0) is 10.3 Å². The van der Waals surface area contributed by atoms with Gasteiger partial charge in [-0.2, -0.15) is 4.98 Å². The normalized spacial score (nSPS) is 12.0. The zero-order valence-electron chi connectivity index (χ0n) is 19.4. The Morgan fingerprint density at radius 1 is 1.00 bits per heavy atom. The molecule has 182 valence electrons. The third kappa shape index (κ3) is 6.33. The maximum Gasteiger partial charge on any atom is 0.308 e. The van der Waals surface area contributed by atoms with Gasteiger partial charge in [-0.25, -0.2) is 4.98 Å². The molecule has 0 saturated carbocycles. The molecule has 1 unspecified atom stereocenters. The largest absolute Gasteiger partial charge is 0.493 e. The van der Waals surface area contributed by atoms with Gasteiger partial charge in [0.25, 0.3) is 11.8 Å². The third-order valence-corrected chi connectivity index (χ3v) is 5.67. The molecule has 1 aromatic heterocycles. The molecule has 2 amide bonds. The van der Waals surface area contributed by atoms with Crippen molar-refractivity contribution < 1.29 is 24.6 Å². The number of amides is 2. The number of benzene rings is 2. The predicted molar refractivity (Wildman–Crippen MR) is 130 cm³/mol. The maximum atomic E-state index is 12.8. The maximum absolute atomic E-state index is 12.8. The Kier molecular flexibility index (Phi) is 7.71. The molecule has 0 bridgehead atoms. The summed E-state index contributed by atoms with van der Waals surface area (Å²) < 4.78 is 0. The highest BCUT2D eigenvalue weighted by Crippen LogP contribution is 2.27. The molecule has 2 aromatic carbocycles. The number of carbonyl (C=O) groups is 3. The highest BCUT2D eigenvalue weighted by molar-refractivity contribution is 6.30. The second-order valence-corrected chi connectivity index (χ2v) is 8.98. The molecule has 3 aromatic rings. The van der Waals surface area contributed by atoms with Gasteiger partial charge in [-0.1, -0.05) is 54.9 Å². The van der Waals surface area contributed by atoms with Crippen molar-refractivity contribution in [1.29, 1.82) is 0 Å². The van der Waals surface area contributed by atoms with Crippen molar-refractivity contribution in [2.24, 2.45) is 5.92 Å². The summed E-state index contributed by atoms with van der Waals surface area (Å²) in [7, 11) is 0. The summed E-state index contributed by atoms with van der Waals surface area (Å²) in [5.74, 6) is -4.30. The van der Waals surface area contributed by atoms with Crippen LogP contribution in [-0.4, -0.2) is 44.5 Å². The van der Waals surface area contributed by atoms with E-state index in [1.54, 1.807) is 0 Å². The standard InChI is InChI=1S/C25H25ClN4O5/c1-14(24(34)35)12-28-23(33)20-27-13-19(21(31)29-20)22(32)30-25(2,3)17-8-4-15(5-9-17)16-6-10-18(26)11-7-16/h4-11,13-14H,12H2,1-3H3,(H,28,33)(H,30,32)(H,34,35)(H,27,29,31). The van der Waals surface area contributed by atoms with E-state index in [0.717, 1.165) is 22.9 Å². The number of carboxylic acids is 1. The van der Waals surface area contributed by atoms with Gasteiger partial charge in [0.05, 0.1) is 11.5 Å². The van der Waals surface area contributed by atoms with Crippen LogP contribution in [0.15, 0.2) is 54.7 Å². The fourth-order valence-corrected chi connectivity index (χ4v) is 3.33. The number of carboxylic acid groups (broad SMARTS) is 1. The molecule has 1 heterocycles. The third-order valence-electron chi connectivity index (χ3n) is 5.42. The van der Waals surface area contributed by atoms with Crippen LogP contribution in [0.2, 0.25) is 5.02 Å². The molecule has 4 N–H and O–H groups in total. The molecule has 0 fully saturated rings. The van der Waals surface area contributed by atoms with Crippen LogP contribution >= 0.6 is 11.6 Å². The highest BCUT2D eigenvalue weighted by atomic mass is 35.5. The van der Waals surface area contributed by atoms with Crippen LogP contribution in [0.4, 0.5) is 0 Å². The van der Waals surface area contributed by atoms with Gasteiger partial charge in [0.2, 0.25) is 11.7 Å². The summed E-state index contributed by atoms with van der Waals surface area (Å²) in [5, 5.41) is 25.0. The lowest BCUT2D eigenvalue weighted by Crippen LogP contribution is -2.41. The summed E-state index contributed by atoms with van der Waals surface area (Å²) in [4.78, 5) is 43.3. The lowest BCUT2D eigenvalue weighted by atomic mass is 9.92. The van der Waals surface area contributed by atoms with Gasteiger partial charge < -0.3 is 20.8 Å². The molecule has 1 atom stereocenters. The number of halogens is 1. The number of carbonyl (C=O) groups excluding carboxylic acids is 2. The van der Waals surface area contributed by atoms with Gasteiger partial charge in [-0.05, 0) is 42.7 Å². The van der Waals surface area contributed by atoms with Gasteiger partial charge in [0.1, 0.15) is 5.56 Å². The van der Waals surface area contributed by atoms with Gasteiger partial charge in [0.15, 0.2) is 0 Å². The number of aromatic hydroxyl groups is 1. The quantitative estimate of drug-likeness (QED) is 0.373. The molecule has 0 aliphatic carbocycles. The zero-order valence-corrected chi connectivity index (χ0v) is 20.1. The van der Waals surface area contributed by atoms with Crippen LogP contribution in [0.25, 0.3) is 11.1 Å². The Labute approximate surface area is 207 Å². The monoisotopic (exact) mass is 496 g/mol. The molecule has 3 rings (SSSR count). The number of aliphatic carboxylic acids is 1. The van der Waals surface area contributed by atoms with Crippen LogP contribution in [0, 0.1) is 5.92 Å². The van der Waals surface area contributed by atoms with Crippen molar-refractivity contribution in [3.63, 3.8) is 0 Å². The van der Waals surface area contributed by atoms with Gasteiger partial charge in [-0.3, -0.25) is 14.4 Å². The Bertz CT molecular complexity index is 1240. The van der Waals surface area contributed by atoms with E-state index in [9.17, 15) is 19.5 Å². The van der Waals surface area contributed by atoms with E-state index in [-0.39, 0.29) is 17.9 Å². The fourth-order valence-electron chi connectivity index (χ4n) is 3.20. The fraction of sp³-hybridized carbons (Fsp3) is 0.240. The highest BCUT2D eigenvalue weighted by Gasteiger charge is 2.26. The second kappa shape index (κ2) is 10.5. The minimum atomic E-state index is -1.07. The SMILES string of the molecule is CC(CNC(=O)c1ncc(C(=O)NC(C)(C)c2ccc(-c3ccc(Cl)cc3)cc2)c(O)n1)C(=O)O. The Morgan fingerprint density at radius 2 is 1.57 bits per heavy atom. The van der Waals surface area contributed by atoms with E-state index in [0.29, 0.717) is 5.02 Å². The summed E-state index contributed by atoms with van der Waals surface area (Å²) in [6.45, 7) is 4.92. The first-order chi connectivity index (χ1) is 16.5. The molecular weight excluding hydrogens is 472 g/mol. The van der Waals surface area contributed by atoms with Gasteiger partial charge >= 0.3 is 5.97 Å². The molecular formula is C25H25ClN4O5. The topological polar surface area (TPSA) is 142 Å². The van der Waals surface area contributed by atoms with Gasteiger partial charge in [0, 0.05) is 17.8 Å². The van der Waals surface area contributed by atoms with Crippen LogP contribution in [0.5, 0.6) is 5.88 Å². The van der Waals surface area contributed by atoms with Crippen molar-refractivity contribution in [1.82, 2.24) is 20.6 Å². The minimum absolute atomic E-state index is 0.133. The number of rotatable bonds is 8. The van der Waals surface area contributed by atoms with Crippen molar-refractivity contribution in [2.45, 2.75) is 26.3 Å². The Hall–Kier alpha value is -3.98. The first kappa shape index (κ1) is 25.6. The molecule has 0 aliphatic heterocycles. The molecule has 0 spiro atoms. The first-order valence-corrected chi connectivity index (χ1v) is 11.1. The summed E-state index contributed by atoms with van der Waals surface area (Å²) >= 11 is 5.95. The van der Waals surface area contributed by atoms with E-state index >= 15 is 0 Å². The van der Waals surface area contributed by atoms with Crippen LogP contribution in [0.1, 0.15) is 47.3 Å². The van der Waals surface area contributed by atoms with E-state index in [1.807, 2.05) is 62.4 Å². The Balaban J connectivity index is 1.69. The smallest absolute Gasteiger partial charge is 0.308 e. The summed E-state index contributed by atoms with van der Waals surface area (Å²) in [6.07, 6.45) is 1.05. The van der Waals surface area contributed by atoms with E-state index < -0.39 is 35.1 Å². The minimum Gasteiger partial charge on any atom is -0.493 e. The molecule has 0 radical (unpaired) electrons. The van der Waals surface area contributed by atoms with Gasteiger partial charge in [-0.15, -0.1) is 0 Å². The molecule has 0 aliphatic rings. The van der Waals surface area contributed by atoms with Crippen molar-refractivity contribution in [3.05, 3.63) is 76.7 Å². The van der Waals surface area contributed by atoms with E-state index in [1.165, 1.54) is 6.92 Å². The van der Waals surface area contributed by atoms with Crippen molar-refractivity contribution >= 4 is 29.4 Å². The number of hydrogen-bond donors (Lipinski definition) is 4. The Morgan fingerprint density at radius 3 is 2.11 bits per heavy atom. The lowest BCUT2D eigenvalue weighted by Gasteiger charge is -2.27. The summed E-state index contributed by atoms with van der Waals surface area (Å²) in [6, 6.07) is 15.1. The van der Waals surface area contributed by atoms with E-state index in [2.05, 4.69) is 20.6 Å². The first-order valence-electron chi connectivity index (χ1n) is 10.7. The molecule has 9 nitrogen and oxygen atoms in total. The van der Waals surface area contributed by atoms with Crippen LogP contribution in [0.3, 0.4) is 0 Å². The zero-order chi connectivity index (χ0) is 25.8. The van der Waals surface area contributed by atoms with E-state index in [4.69, 9.17) is 16.7 Å². The lowest BCUT2D eigenvalue weighted by molar-refractivity contribution is -0.140. The number of nitrogens with one attached hydrogen (secondary N) is 2. The number of nitrogens with zero attached hydrogens (tertiary/aromatic N) is 2. The average Bonchev–Trinajstić information content (AvgIpc) is 2.82. The van der Waals surface area contributed by atoms with Crippen molar-refractivity contribution in [3.8, 4) is 17.0 Å². The summed E-state index contributed by atoms with van der Waals surface area (Å²) in [5.41, 5.74) is 1.82.